The molecule has 0 aliphatic rings. The van der Waals surface area contributed by atoms with Crippen LogP contribution in [0.5, 0.6) is 0 Å². The average Bonchev–Trinajstić information content (AvgIpc) is 2.78. The van der Waals surface area contributed by atoms with Crippen molar-refractivity contribution in [2.45, 2.75) is 46.7 Å². The van der Waals surface area contributed by atoms with E-state index < -0.39 is 10.0 Å². The number of carbonyl (C=O) groups is 1. The van der Waals surface area contributed by atoms with E-state index >= 15 is 0 Å². The summed E-state index contributed by atoms with van der Waals surface area (Å²) in [5.41, 5.74) is 6.38. The van der Waals surface area contributed by atoms with E-state index in [0.29, 0.717) is 11.3 Å². The zero-order valence-electron chi connectivity index (χ0n) is 19.9. The third-order valence-corrected chi connectivity index (χ3v) is 7.05. The number of rotatable bonds is 8. The Bertz CT molecular complexity index is 1220. The smallest absolute Gasteiger partial charge is 0.251 e. The van der Waals surface area contributed by atoms with E-state index in [0.717, 1.165) is 28.7 Å². The molecule has 0 saturated carbocycles. The number of sulfonamides is 1. The molecule has 33 heavy (non-hydrogen) atoms. The Balaban J connectivity index is 1.75. The highest BCUT2D eigenvalue weighted by molar-refractivity contribution is 7.92. The Morgan fingerprint density at radius 1 is 0.909 bits per heavy atom. The fourth-order valence-corrected chi connectivity index (χ4v) is 4.55. The van der Waals surface area contributed by atoms with Gasteiger partial charge in [0.15, 0.2) is 0 Å². The van der Waals surface area contributed by atoms with Crippen LogP contribution in [-0.4, -0.2) is 20.6 Å². The maximum Gasteiger partial charge on any atom is 0.251 e. The Morgan fingerprint density at radius 3 is 2.09 bits per heavy atom. The van der Waals surface area contributed by atoms with Gasteiger partial charge in [0.1, 0.15) is 0 Å². The van der Waals surface area contributed by atoms with Gasteiger partial charge in [-0.05, 0) is 73.7 Å². The molecule has 1 N–H and O–H groups in total. The standard InChI is InChI=1S/C27H32N2O3S/c1-6-26(23-12-7-19(2)8-13-23)28-27(30)24-14-10-22(11-15-24)18-29(33(5,31)32)25-16-9-20(3)21(4)17-25/h7-17,26H,6,18H2,1-5H3,(H,28,30)/t26-/m0/s1. The molecule has 0 radical (unpaired) electrons. The number of nitrogens with one attached hydrogen (secondary N) is 1. The summed E-state index contributed by atoms with van der Waals surface area (Å²) in [4.78, 5) is 12.8. The topological polar surface area (TPSA) is 66.5 Å². The molecular weight excluding hydrogens is 432 g/mol. The van der Waals surface area contributed by atoms with Crippen LogP contribution in [0, 0.1) is 20.8 Å². The summed E-state index contributed by atoms with van der Waals surface area (Å²) in [6, 6.07) is 20.8. The van der Waals surface area contributed by atoms with Crippen LogP contribution in [0.25, 0.3) is 0 Å². The van der Waals surface area contributed by atoms with Gasteiger partial charge in [-0.15, -0.1) is 0 Å². The highest BCUT2D eigenvalue weighted by Crippen LogP contribution is 2.24. The first-order chi connectivity index (χ1) is 15.6. The minimum absolute atomic E-state index is 0.0664. The molecule has 6 heteroatoms. The molecule has 0 aromatic heterocycles. The lowest BCUT2D eigenvalue weighted by Gasteiger charge is -2.23. The van der Waals surface area contributed by atoms with Crippen molar-refractivity contribution in [2.75, 3.05) is 10.6 Å². The molecule has 174 valence electrons. The quantitative estimate of drug-likeness (QED) is 0.481. The largest absolute Gasteiger partial charge is 0.345 e. The molecule has 0 spiro atoms. The highest BCUT2D eigenvalue weighted by atomic mass is 32.2. The number of nitrogens with zero attached hydrogens (tertiary/aromatic N) is 1. The molecule has 0 saturated heterocycles. The lowest BCUT2D eigenvalue weighted by Crippen LogP contribution is -2.29. The van der Waals surface area contributed by atoms with Gasteiger partial charge in [0.2, 0.25) is 10.0 Å². The molecule has 0 aliphatic carbocycles. The summed E-state index contributed by atoms with van der Waals surface area (Å²) < 4.78 is 26.3. The van der Waals surface area contributed by atoms with E-state index in [4.69, 9.17) is 0 Å². The number of hydrogen-bond donors (Lipinski definition) is 1. The van der Waals surface area contributed by atoms with Crippen LogP contribution < -0.4 is 9.62 Å². The molecule has 0 bridgehead atoms. The van der Waals surface area contributed by atoms with E-state index in [1.165, 1.54) is 16.1 Å². The lowest BCUT2D eigenvalue weighted by atomic mass is 10.0. The van der Waals surface area contributed by atoms with Crippen molar-refractivity contribution in [1.82, 2.24) is 5.32 Å². The summed E-state index contributed by atoms with van der Waals surface area (Å²) in [5.74, 6) is -0.150. The second kappa shape index (κ2) is 10.2. The van der Waals surface area contributed by atoms with E-state index in [9.17, 15) is 13.2 Å². The first kappa shape index (κ1) is 24.5. The summed E-state index contributed by atoms with van der Waals surface area (Å²) in [5, 5.41) is 3.10. The maximum absolute atomic E-state index is 12.8. The highest BCUT2D eigenvalue weighted by Gasteiger charge is 2.19. The Hall–Kier alpha value is -3.12. The second-order valence-electron chi connectivity index (χ2n) is 8.58. The van der Waals surface area contributed by atoms with Gasteiger partial charge in [0.25, 0.3) is 5.91 Å². The molecular formula is C27H32N2O3S. The summed E-state index contributed by atoms with van der Waals surface area (Å²) >= 11 is 0. The number of amides is 1. The van der Waals surface area contributed by atoms with Crippen molar-refractivity contribution in [2.24, 2.45) is 0 Å². The van der Waals surface area contributed by atoms with Gasteiger partial charge in [-0.3, -0.25) is 9.10 Å². The van der Waals surface area contributed by atoms with Crippen molar-refractivity contribution in [3.05, 3.63) is 100 Å². The number of anilines is 1. The Kier molecular flexibility index (Phi) is 7.59. The molecule has 0 fully saturated rings. The molecule has 3 rings (SSSR count). The van der Waals surface area contributed by atoms with Gasteiger partial charge < -0.3 is 5.32 Å². The van der Waals surface area contributed by atoms with Crippen LogP contribution in [0.15, 0.2) is 66.7 Å². The molecule has 0 heterocycles. The van der Waals surface area contributed by atoms with Crippen LogP contribution in [-0.2, 0) is 16.6 Å². The molecule has 3 aromatic carbocycles. The van der Waals surface area contributed by atoms with Crippen molar-refractivity contribution < 1.29 is 13.2 Å². The van der Waals surface area contributed by atoms with Crippen molar-refractivity contribution in [3.63, 3.8) is 0 Å². The lowest BCUT2D eigenvalue weighted by molar-refractivity contribution is 0.0935. The van der Waals surface area contributed by atoms with E-state index in [1.54, 1.807) is 24.3 Å². The third kappa shape index (κ3) is 6.23. The number of carbonyl (C=O) groups excluding carboxylic acids is 1. The van der Waals surface area contributed by atoms with Crippen LogP contribution in [0.3, 0.4) is 0 Å². The van der Waals surface area contributed by atoms with Gasteiger partial charge >= 0.3 is 0 Å². The average molecular weight is 465 g/mol. The van der Waals surface area contributed by atoms with Gasteiger partial charge in [0.05, 0.1) is 24.5 Å². The number of aryl methyl sites for hydroxylation is 3. The van der Waals surface area contributed by atoms with Crippen LogP contribution >= 0.6 is 0 Å². The Labute approximate surface area is 197 Å². The fourth-order valence-electron chi connectivity index (χ4n) is 3.67. The predicted octanol–water partition coefficient (Wildman–Crippen LogP) is 5.46. The molecule has 0 aliphatic heterocycles. The molecule has 5 nitrogen and oxygen atoms in total. The van der Waals surface area contributed by atoms with E-state index in [1.807, 2.05) is 70.2 Å². The summed E-state index contributed by atoms with van der Waals surface area (Å²) in [6.07, 6.45) is 1.99. The van der Waals surface area contributed by atoms with Crippen molar-refractivity contribution in [1.29, 1.82) is 0 Å². The Morgan fingerprint density at radius 2 is 1.55 bits per heavy atom. The zero-order chi connectivity index (χ0) is 24.2. The number of benzene rings is 3. The van der Waals surface area contributed by atoms with Crippen molar-refractivity contribution >= 4 is 21.6 Å². The molecule has 1 amide bonds. The first-order valence-corrected chi connectivity index (χ1v) is 12.9. The summed E-state index contributed by atoms with van der Waals surface area (Å²) in [6.45, 7) is 8.24. The van der Waals surface area contributed by atoms with Crippen molar-refractivity contribution in [3.8, 4) is 0 Å². The maximum atomic E-state index is 12.8. The summed E-state index contributed by atoms with van der Waals surface area (Å²) in [7, 11) is -3.47. The molecule has 1 atom stereocenters. The van der Waals surface area contributed by atoms with Gasteiger partial charge in [0, 0.05) is 5.56 Å². The number of hydrogen-bond acceptors (Lipinski definition) is 3. The zero-order valence-corrected chi connectivity index (χ0v) is 20.7. The van der Waals surface area contributed by atoms with Gasteiger partial charge in [-0.2, -0.15) is 0 Å². The minimum atomic E-state index is -3.47. The predicted molar refractivity (Wildman–Crippen MR) is 135 cm³/mol. The first-order valence-electron chi connectivity index (χ1n) is 11.1. The monoisotopic (exact) mass is 464 g/mol. The van der Waals surface area contributed by atoms with Crippen LogP contribution in [0.1, 0.15) is 57.6 Å². The molecule has 0 unspecified atom stereocenters. The fraction of sp³-hybridized carbons (Fsp3) is 0.296. The third-order valence-electron chi connectivity index (χ3n) is 5.91. The van der Waals surface area contributed by atoms with Gasteiger partial charge in [-0.25, -0.2) is 8.42 Å². The van der Waals surface area contributed by atoms with E-state index in [-0.39, 0.29) is 18.5 Å². The SMILES string of the molecule is CC[C@H](NC(=O)c1ccc(CN(c2ccc(C)c(C)c2)S(C)(=O)=O)cc1)c1ccc(C)cc1. The normalized spacial score (nSPS) is 12.3. The second-order valence-corrected chi connectivity index (χ2v) is 10.5. The minimum Gasteiger partial charge on any atom is -0.345 e. The van der Waals surface area contributed by atoms with Gasteiger partial charge in [-0.1, -0.05) is 55.0 Å². The van der Waals surface area contributed by atoms with Crippen LogP contribution in [0.4, 0.5) is 5.69 Å². The van der Waals surface area contributed by atoms with E-state index in [2.05, 4.69) is 5.32 Å². The molecule has 3 aromatic rings. The van der Waals surface area contributed by atoms with Crippen LogP contribution in [0.2, 0.25) is 0 Å².